The highest BCUT2D eigenvalue weighted by molar-refractivity contribution is 5.79. The predicted octanol–water partition coefficient (Wildman–Crippen LogP) is 2.30. The van der Waals surface area contributed by atoms with Crippen molar-refractivity contribution < 1.29 is 14.3 Å². The topological polar surface area (TPSA) is 78.4 Å². The van der Waals surface area contributed by atoms with Gasteiger partial charge in [-0.1, -0.05) is 12.8 Å². The average Bonchev–Trinajstić information content (AvgIpc) is 3.17. The first kappa shape index (κ1) is 24.7. The van der Waals surface area contributed by atoms with Crippen molar-refractivity contribution in [2.75, 3.05) is 66.6 Å². The number of rotatable bonds is 8. The highest BCUT2D eigenvalue weighted by Crippen LogP contribution is 2.40. The molecule has 1 amide bonds. The molecule has 2 aliphatic rings. The van der Waals surface area contributed by atoms with Gasteiger partial charge in [-0.3, -0.25) is 9.89 Å². The Morgan fingerprint density at radius 2 is 1.77 bits per heavy atom. The molecule has 2 N–H and O–H groups in total. The van der Waals surface area contributed by atoms with Crippen LogP contribution in [0.15, 0.2) is 4.99 Å². The van der Waals surface area contributed by atoms with E-state index >= 15 is 0 Å². The molecule has 30 heavy (non-hydrogen) atoms. The summed E-state index contributed by atoms with van der Waals surface area (Å²) in [5.74, 6) is 0.867. The largest absolute Gasteiger partial charge is 0.444 e. The Hall–Kier alpha value is -1.54. The molecule has 0 radical (unpaired) electrons. The molecule has 0 aromatic rings. The van der Waals surface area contributed by atoms with Crippen LogP contribution in [0.3, 0.4) is 0 Å². The fourth-order valence-electron chi connectivity index (χ4n) is 4.26. The lowest BCUT2D eigenvalue weighted by molar-refractivity contribution is 0.0147. The van der Waals surface area contributed by atoms with Gasteiger partial charge in [0.2, 0.25) is 0 Å². The number of nitrogens with one attached hydrogen (secondary N) is 2. The van der Waals surface area contributed by atoms with E-state index in [2.05, 4.69) is 20.5 Å². The Kier molecular flexibility index (Phi) is 9.68. The summed E-state index contributed by atoms with van der Waals surface area (Å²) < 4.78 is 10.8. The van der Waals surface area contributed by atoms with Crippen LogP contribution in [0.2, 0.25) is 0 Å². The van der Waals surface area contributed by atoms with Gasteiger partial charge in [0.05, 0.1) is 0 Å². The van der Waals surface area contributed by atoms with Crippen molar-refractivity contribution >= 4 is 12.1 Å². The van der Waals surface area contributed by atoms with Crippen LogP contribution >= 0.6 is 0 Å². The first-order valence-corrected chi connectivity index (χ1v) is 11.4. The molecule has 1 heterocycles. The maximum absolute atomic E-state index is 12.2. The van der Waals surface area contributed by atoms with Crippen molar-refractivity contribution in [2.45, 2.75) is 58.5 Å². The third kappa shape index (κ3) is 8.30. The molecule has 8 heteroatoms. The number of aliphatic imine (C=N–C) groups is 1. The highest BCUT2D eigenvalue weighted by atomic mass is 16.6. The molecule has 1 saturated carbocycles. The molecule has 2 rings (SSSR count). The van der Waals surface area contributed by atoms with Gasteiger partial charge in [0.1, 0.15) is 5.60 Å². The minimum absolute atomic E-state index is 0.209. The molecule has 0 atom stereocenters. The monoisotopic (exact) mass is 425 g/mol. The molecule has 1 aliphatic heterocycles. The van der Waals surface area contributed by atoms with Crippen molar-refractivity contribution in [3.8, 4) is 0 Å². The van der Waals surface area contributed by atoms with E-state index in [4.69, 9.17) is 9.47 Å². The Morgan fingerprint density at radius 3 is 2.33 bits per heavy atom. The van der Waals surface area contributed by atoms with Crippen LogP contribution in [-0.4, -0.2) is 94.0 Å². The third-order valence-electron chi connectivity index (χ3n) is 6.10. The molecular formula is C22H43N5O3. The molecule has 0 bridgehead atoms. The van der Waals surface area contributed by atoms with Gasteiger partial charge in [0, 0.05) is 66.6 Å². The van der Waals surface area contributed by atoms with Crippen LogP contribution in [0.25, 0.3) is 0 Å². The van der Waals surface area contributed by atoms with Gasteiger partial charge >= 0.3 is 6.09 Å². The first-order chi connectivity index (χ1) is 14.3. The molecule has 0 unspecified atom stereocenters. The van der Waals surface area contributed by atoms with Crippen molar-refractivity contribution in [1.29, 1.82) is 0 Å². The number of ether oxygens (including phenoxy) is 2. The summed E-state index contributed by atoms with van der Waals surface area (Å²) in [6.07, 6.45) is 6.05. The van der Waals surface area contributed by atoms with E-state index in [0.29, 0.717) is 18.5 Å². The number of piperazine rings is 1. The zero-order valence-corrected chi connectivity index (χ0v) is 19.8. The normalized spacial score (nSPS) is 20.3. The predicted molar refractivity (Wildman–Crippen MR) is 121 cm³/mol. The van der Waals surface area contributed by atoms with E-state index < -0.39 is 5.60 Å². The Balaban J connectivity index is 1.66. The summed E-state index contributed by atoms with van der Waals surface area (Å²) in [4.78, 5) is 20.7. The van der Waals surface area contributed by atoms with E-state index in [1.165, 1.54) is 25.7 Å². The molecule has 0 aromatic carbocycles. The number of nitrogens with zero attached hydrogens (tertiary/aromatic N) is 3. The average molecular weight is 426 g/mol. The van der Waals surface area contributed by atoms with E-state index in [1.807, 2.05) is 27.8 Å². The zero-order valence-electron chi connectivity index (χ0n) is 19.8. The van der Waals surface area contributed by atoms with Crippen LogP contribution in [0, 0.1) is 5.41 Å². The van der Waals surface area contributed by atoms with Gasteiger partial charge in [-0.2, -0.15) is 0 Å². The highest BCUT2D eigenvalue weighted by Gasteiger charge is 2.33. The lowest BCUT2D eigenvalue weighted by atomic mass is 9.83. The minimum atomic E-state index is -0.443. The van der Waals surface area contributed by atoms with Crippen molar-refractivity contribution in [3.63, 3.8) is 0 Å². The van der Waals surface area contributed by atoms with E-state index in [0.717, 1.165) is 51.7 Å². The second kappa shape index (κ2) is 11.7. The number of guanidine groups is 1. The van der Waals surface area contributed by atoms with Crippen molar-refractivity contribution in [2.24, 2.45) is 10.4 Å². The molecule has 0 spiro atoms. The summed E-state index contributed by atoms with van der Waals surface area (Å²) in [6, 6.07) is 0. The van der Waals surface area contributed by atoms with Gasteiger partial charge in [-0.25, -0.2) is 4.79 Å². The zero-order chi connectivity index (χ0) is 22.0. The molecular weight excluding hydrogens is 382 g/mol. The van der Waals surface area contributed by atoms with Crippen LogP contribution < -0.4 is 10.6 Å². The maximum Gasteiger partial charge on any atom is 0.410 e. The van der Waals surface area contributed by atoms with Crippen LogP contribution in [0.1, 0.15) is 52.9 Å². The van der Waals surface area contributed by atoms with Crippen molar-refractivity contribution in [1.82, 2.24) is 20.4 Å². The standard InChI is InChI=1S/C22H43N5O3/c1-21(2,3)30-20(28)27-15-13-26(14-16-27)12-11-24-19(23-4)25-18-22(10-17-29-5)8-6-7-9-22/h6-18H2,1-5H3,(H2,23,24,25). The van der Waals surface area contributed by atoms with Crippen LogP contribution in [-0.2, 0) is 9.47 Å². The summed E-state index contributed by atoms with van der Waals surface area (Å²) in [5, 5.41) is 6.98. The first-order valence-electron chi connectivity index (χ1n) is 11.4. The van der Waals surface area contributed by atoms with Gasteiger partial charge in [-0.15, -0.1) is 0 Å². The molecule has 2 fully saturated rings. The summed E-state index contributed by atoms with van der Waals surface area (Å²) in [7, 11) is 3.61. The molecule has 1 aliphatic carbocycles. The van der Waals surface area contributed by atoms with Crippen LogP contribution in [0.5, 0.6) is 0 Å². The molecule has 0 aromatic heterocycles. The van der Waals surface area contributed by atoms with E-state index in [1.54, 1.807) is 12.0 Å². The number of hydrogen-bond acceptors (Lipinski definition) is 5. The van der Waals surface area contributed by atoms with E-state index in [9.17, 15) is 4.79 Å². The number of hydrogen-bond donors (Lipinski definition) is 2. The lowest BCUT2D eigenvalue weighted by Gasteiger charge is -2.35. The van der Waals surface area contributed by atoms with Gasteiger partial charge < -0.3 is 25.0 Å². The van der Waals surface area contributed by atoms with Crippen molar-refractivity contribution in [3.05, 3.63) is 0 Å². The number of methoxy groups -OCH3 is 1. The smallest absolute Gasteiger partial charge is 0.410 e. The number of carbonyl (C=O) groups is 1. The SMILES string of the molecule is CN=C(NCCN1CCN(C(=O)OC(C)(C)C)CC1)NCC1(CCOC)CCCC1. The van der Waals surface area contributed by atoms with Gasteiger partial charge in [0.25, 0.3) is 0 Å². The quantitative estimate of drug-likeness (QED) is 0.459. The lowest BCUT2D eigenvalue weighted by Crippen LogP contribution is -2.52. The molecule has 8 nitrogen and oxygen atoms in total. The van der Waals surface area contributed by atoms with Gasteiger partial charge in [0.15, 0.2) is 5.96 Å². The summed E-state index contributed by atoms with van der Waals surface area (Å²) in [5.41, 5.74) is -0.104. The molecule has 174 valence electrons. The van der Waals surface area contributed by atoms with Gasteiger partial charge in [-0.05, 0) is 45.4 Å². The minimum Gasteiger partial charge on any atom is -0.444 e. The maximum atomic E-state index is 12.2. The fraction of sp³-hybridized carbons (Fsp3) is 0.909. The fourth-order valence-corrected chi connectivity index (χ4v) is 4.26. The van der Waals surface area contributed by atoms with Crippen LogP contribution in [0.4, 0.5) is 4.79 Å². The Morgan fingerprint density at radius 1 is 1.10 bits per heavy atom. The summed E-state index contributed by atoms with van der Waals surface area (Å²) >= 11 is 0. The Bertz CT molecular complexity index is 547. The molecule has 1 saturated heterocycles. The summed E-state index contributed by atoms with van der Waals surface area (Å²) in [6.45, 7) is 12.4. The third-order valence-corrected chi connectivity index (χ3v) is 6.10. The second-order valence-electron chi connectivity index (χ2n) is 9.61. The number of carbonyl (C=O) groups excluding carboxylic acids is 1. The second-order valence-corrected chi connectivity index (χ2v) is 9.61. The Labute approximate surface area is 182 Å². The van der Waals surface area contributed by atoms with E-state index in [-0.39, 0.29) is 6.09 Å². The number of amides is 1.